The highest BCUT2D eigenvalue weighted by molar-refractivity contribution is 7.91. The van der Waals surface area contributed by atoms with Gasteiger partial charge in [-0.3, -0.25) is 9.69 Å². The molecule has 198 valence electrons. The van der Waals surface area contributed by atoms with Crippen molar-refractivity contribution < 1.29 is 35.3 Å². The number of nitrogens with zero attached hydrogens (tertiary/aromatic N) is 4. The van der Waals surface area contributed by atoms with E-state index in [1.165, 1.54) is 28.1 Å². The molecule has 0 unspecified atom stereocenters. The van der Waals surface area contributed by atoms with Crippen molar-refractivity contribution in [3.8, 4) is 0 Å². The topological polar surface area (TPSA) is 102 Å². The predicted molar refractivity (Wildman–Crippen MR) is 121 cm³/mol. The highest BCUT2D eigenvalue weighted by atomic mass is 32.2. The molecule has 1 saturated heterocycles. The first kappa shape index (κ1) is 27.6. The molecule has 8 nitrogen and oxygen atoms in total. The molecule has 0 bridgehead atoms. The number of halogens is 6. The Kier molecular flexibility index (Phi) is 7.83. The average Bonchev–Trinajstić information content (AvgIpc) is 2.96. The molecule has 0 aromatic carbocycles. The van der Waals surface area contributed by atoms with Gasteiger partial charge in [-0.25, -0.2) is 19.0 Å². The van der Waals surface area contributed by atoms with E-state index < -0.39 is 45.7 Å². The van der Waals surface area contributed by atoms with Crippen LogP contribution in [0.2, 0.25) is 0 Å². The lowest BCUT2D eigenvalue weighted by molar-refractivity contribution is -0.145. The van der Waals surface area contributed by atoms with Crippen LogP contribution in [0.15, 0.2) is 29.6 Å². The Morgan fingerprint density at radius 3 is 2.44 bits per heavy atom. The van der Waals surface area contributed by atoms with E-state index in [0.29, 0.717) is 6.20 Å². The molecular weight excluding hydrogens is 514 g/mol. The number of carbonyl (C=O) groups is 1. The summed E-state index contributed by atoms with van der Waals surface area (Å²) < 4.78 is 98.9. The Hall–Kier alpha value is -2.94. The fourth-order valence-corrected chi connectivity index (χ4v) is 4.49. The Morgan fingerprint density at radius 1 is 1.14 bits per heavy atom. The monoisotopic (exact) mass is 538 g/mol. The van der Waals surface area contributed by atoms with Crippen LogP contribution < -0.4 is 10.2 Å². The van der Waals surface area contributed by atoms with Crippen molar-refractivity contribution in [1.29, 1.82) is 4.78 Å². The van der Waals surface area contributed by atoms with E-state index in [-0.39, 0.29) is 54.7 Å². The Morgan fingerprint density at radius 2 is 1.83 bits per heavy atom. The fourth-order valence-electron chi connectivity index (χ4n) is 3.88. The van der Waals surface area contributed by atoms with E-state index in [4.69, 9.17) is 4.78 Å². The first-order chi connectivity index (χ1) is 16.6. The molecule has 15 heteroatoms. The van der Waals surface area contributed by atoms with Gasteiger partial charge in [0.2, 0.25) is 0 Å². The number of rotatable bonds is 5. The van der Waals surface area contributed by atoms with Crippen molar-refractivity contribution in [1.82, 2.24) is 14.9 Å². The van der Waals surface area contributed by atoms with Crippen LogP contribution in [0.1, 0.15) is 27.9 Å². The summed E-state index contributed by atoms with van der Waals surface area (Å²) >= 11 is 0. The molecule has 3 rings (SSSR count). The number of pyridine rings is 2. The third-order valence-electron chi connectivity index (χ3n) is 5.53. The maximum atomic E-state index is 13.6. The van der Waals surface area contributed by atoms with Crippen LogP contribution in [0.4, 0.5) is 37.8 Å². The van der Waals surface area contributed by atoms with Gasteiger partial charge in [-0.05, 0) is 31.0 Å². The second-order valence-corrected chi connectivity index (χ2v) is 10.5. The highest BCUT2D eigenvalue weighted by Gasteiger charge is 2.37. The molecule has 0 spiro atoms. The molecule has 0 saturated carbocycles. The van der Waals surface area contributed by atoms with Crippen molar-refractivity contribution in [3.63, 3.8) is 0 Å². The zero-order valence-electron chi connectivity index (χ0n) is 19.3. The molecule has 2 N–H and O–H groups in total. The highest BCUT2D eigenvalue weighted by Crippen LogP contribution is 2.36. The summed E-state index contributed by atoms with van der Waals surface area (Å²) in [6, 6.07) is 2.51. The van der Waals surface area contributed by atoms with E-state index in [0.717, 1.165) is 13.2 Å². The first-order valence-electron chi connectivity index (χ1n) is 10.7. The third kappa shape index (κ3) is 6.84. The van der Waals surface area contributed by atoms with Gasteiger partial charge in [0.05, 0.1) is 27.4 Å². The normalized spacial score (nSPS) is 17.4. The van der Waals surface area contributed by atoms with Crippen LogP contribution in [0, 0.1) is 11.7 Å². The van der Waals surface area contributed by atoms with Crippen molar-refractivity contribution in [2.45, 2.75) is 30.7 Å². The number of hydrogen-bond acceptors (Lipinski definition) is 7. The average molecular weight is 539 g/mol. The number of nitrogens with one attached hydrogen (secondary N) is 2. The lowest BCUT2D eigenvalue weighted by atomic mass is 10.0. The quantitative estimate of drug-likeness (QED) is 0.555. The van der Waals surface area contributed by atoms with Crippen molar-refractivity contribution >= 4 is 27.1 Å². The second-order valence-electron chi connectivity index (χ2n) is 8.41. The van der Waals surface area contributed by atoms with Crippen LogP contribution in [0.5, 0.6) is 0 Å². The molecule has 1 aliphatic heterocycles. The molecule has 36 heavy (non-hydrogen) atoms. The molecule has 3 heterocycles. The molecule has 1 aliphatic rings. The van der Waals surface area contributed by atoms with Gasteiger partial charge >= 0.3 is 12.4 Å². The predicted octanol–water partition coefficient (Wildman–Crippen LogP) is 4.17. The maximum Gasteiger partial charge on any atom is 0.418 e. The molecule has 2 aromatic heterocycles. The number of anilines is 2. The Bertz CT molecular complexity index is 1230. The number of alkyl halides is 6. The number of amides is 1. The summed E-state index contributed by atoms with van der Waals surface area (Å²) in [5.41, 5.74) is -1.84. The molecule has 0 radical (unpaired) electrons. The van der Waals surface area contributed by atoms with E-state index in [2.05, 4.69) is 15.3 Å². The number of carbonyl (C=O) groups excluding carboxylic acids is 1. The van der Waals surface area contributed by atoms with E-state index >= 15 is 0 Å². The summed E-state index contributed by atoms with van der Waals surface area (Å²) in [6.07, 6.45) is -5.98. The number of hydrogen-bond donors (Lipinski definition) is 2. The minimum atomic E-state index is -4.80. The minimum Gasteiger partial charge on any atom is -0.355 e. The SMILES string of the molecule is Cc1c(C(F)(F)F)cnc(N2CCCN(CC(F)(F)F)CC2)c1C(=O)Nc1ccnc([S@](C)(=N)=O)c1. The van der Waals surface area contributed by atoms with Gasteiger partial charge in [-0.1, -0.05) is 0 Å². The Labute approximate surface area is 203 Å². The van der Waals surface area contributed by atoms with Crippen LogP contribution >= 0.6 is 0 Å². The Balaban J connectivity index is 1.98. The molecular formula is C21H24F6N6O2S. The molecule has 2 aromatic rings. The van der Waals surface area contributed by atoms with Gasteiger partial charge in [0, 0.05) is 50.5 Å². The summed E-state index contributed by atoms with van der Waals surface area (Å²) in [5, 5.41) is 2.32. The molecule has 0 aliphatic carbocycles. The fraction of sp³-hybridized carbons (Fsp3) is 0.476. The van der Waals surface area contributed by atoms with Crippen LogP contribution in [0.3, 0.4) is 0 Å². The molecule has 1 atom stereocenters. The van der Waals surface area contributed by atoms with E-state index in [1.807, 2.05) is 0 Å². The van der Waals surface area contributed by atoms with Crippen LogP contribution in [0.25, 0.3) is 0 Å². The minimum absolute atomic E-state index is 0.0182. The van der Waals surface area contributed by atoms with Gasteiger partial charge in [0.25, 0.3) is 5.91 Å². The van der Waals surface area contributed by atoms with Crippen LogP contribution in [-0.2, 0) is 15.9 Å². The van der Waals surface area contributed by atoms with Crippen molar-refractivity contribution in [2.24, 2.45) is 0 Å². The van der Waals surface area contributed by atoms with E-state index in [1.54, 1.807) is 0 Å². The third-order valence-corrected chi connectivity index (χ3v) is 6.56. The van der Waals surface area contributed by atoms with Crippen LogP contribution in [-0.4, -0.2) is 70.1 Å². The van der Waals surface area contributed by atoms with Crippen molar-refractivity contribution in [3.05, 3.63) is 41.2 Å². The summed E-state index contributed by atoms with van der Waals surface area (Å²) in [6.45, 7) is 0.309. The van der Waals surface area contributed by atoms with E-state index in [9.17, 15) is 35.3 Å². The lowest BCUT2D eigenvalue weighted by Gasteiger charge is -2.26. The lowest BCUT2D eigenvalue weighted by Crippen LogP contribution is -2.37. The van der Waals surface area contributed by atoms with Gasteiger partial charge in [0.15, 0.2) is 0 Å². The van der Waals surface area contributed by atoms with Gasteiger partial charge < -0.3 is 10.2 Å². The summed E-state index contributed by atoms with van der Waals surface area (Å²) in [4.78, 5) is 23.7. The second kappa shape index (κ2) is 10.2. The van der Waals surface area contributed by atoms with Crippen molar-refractivity contribution in [2.75, 3.05) is 49.2 Å². The van der Waals surface area contributed by atoms with Gasteiger partial charge in [0.1, 0.15) is 10.8 Å². The zero-order chi connectivity index (χ0) is 26.9. The zero-order valence-corrected chi connectivity index (χ0v) is 20.1. The summed E-state index contributed by atoms with van der Waals surface area (Å²) in [5.74, 6) is -1.02. The summed E-state index contributed by atoms with van der Waals surface area (Å²) in [7, 11) is -3.22. The maximum absolute atomic E-state index is 13.6. The molecule has 1 fully saturated rings. The smallest absolute Gasteiger partial charge is 0.355 e. The number of aromatic nitrogens is 2. The van der Waals surface area contributed by atoms with Gasteiger partial charge in [-0.2, -0.15) is 26.3 Å². The standard InChI is InChI=1S/C21H24F6N6O2S/c1-13-15(21(25,26)27)11-30-18(33-7-3-6-32(8-9-33)12-20(22,23)24)17(13)19(34)31-14-4-5-29-16(10-14)36(2,28)35/h4-5,10-11,28H,3,6-9,12H2,1-2H3,(H,29,31,34)/t36-/m1/s1. The largest absolute Gasteiger partial charge is 0.418 e. The van der Waals surface area contributed by atoms with Gasteiger partial charge in [-0.15, -0.1) is 0 Å². The molecule has 1 amide bonds. The first-order valence-corrected chi connectivity index (χ1v) is 12.6.